The molecule has 0 unspecified atom stereocenters. The summed E-state index contributed by atoms with van der Waals surface area (Å²) in [6.07, 6.45) is 1.52. The highest BCUT2D eigenvalue weighted by Crippen LogP contribution is 2.18. The molecule has 0 aromatic heterocycles. The van der Waals surface area contributed by atoms with Crippen LogP contribution in [0.25, 0.3) is 0 Å². The Labute approximate surface area is 165 Å². The molecule has 0 atom stereocenters. The minimum atomic E-state index is -4.14. The minimum Gasteiger partial charge on any atom is -0.337 e. The molecule has 0 spiro atoms. The number of hydrogen-bond donors (Lipinski definition) is 3. The van der Waals surface area contributed by atoms with Gasteiger partial charge in [0.2, 0.25) is 0 Å². The molecule has 2 aromatic rings. The van der Waals surface area contributed by atoms with Crippen molar-refractivity contribution >= 4 is 27.6 Å². The normalized spacial score (nSPS) is 11.0. The van der Waals surface area contributed by atoms with Crippen molar-refractivity contribution in [1.82, 2.24) is 10.0 Å². The van der Waals surface area contributed by atoms with E-state index in [4.69, 9.17) is 0 Å². The zero-order valence-corrected chi connectivity index (χ0v) is 16.1. The summed E-state index contributed by atoms with van der Waals surface area (Å²) in [6.45, 7) is 2.24. The number of nitrogens with one attached hydrogen (secondary N) is 3. The van der Waals surface area contributed by atoms with Crippen LogP contribution in [0.15, 0.2) is 41.3 Å². The third-order valence-electron chi connectivity index (χ3n) is 3.75. The van der Waals surface area contributed by atoms with Crippen LogP contribution in [-0.4, -0.2) is 26.9 Å². The van der Waals surface area contributed by atoms with Crippen molar-refractivity contribution in [2.45, 2.75) is 24.7 Å². The summed E-state index contributed by atoms with van der Waals surface area (Å²) in [7, 11) is -4.14. The number of amides is 3. The summed E-state index contributed by atoms with van der Waals surface area (Å²) in [5, 5.41) is 4.64. The number of halogens is 3. The minimum absolute atomic E-state index is 0.0745. The quantitative estimate of drug-likeness (QED) is 0.465. The van der Waals surface area contributed by atoms with Crippen LogP contribution in [-0.2, 0) is 10.0 Å². The Bertz CT molecular complexity index is 1010. The Hall–Kier alpha value is -3.08. The van der Waals surface area contributed by atoms with Crippen LogP contribution < -0.4 is 15.4 Å². The summed E-state index contributed by atoms with van der Waals surface area (Å²) in [5.74, 6) is -5.90. The monoisotopic (exact) mass is 429 g/mol. The highest BCUT2D eigenvalue weighted by atomic mass is 32.2. The van der Waals surface area contributed by atoms with E-state index < -0.39 is 45.0 Å². The lowest BCUT2D eigenvalue weighted by Gasteiger charge is -2.10. The molecule has 0 heterocycles. The summed E-state index contributed by atoms with van der Waals surface area (Å²) < 4.78 is 66.0. The van der Waals surface area contributed by atoms with Gasteiger partial charge in [0.05, 0.1) is 10.5 Å². The third-order valence-corrected chi connectivity index (χ3v) is 5.09. The van der Waals surface area contributed by atoms with Gasteiger partial charge in [-0.05, 0) is 42.8 Å². The van der Waals surface area contributed by atoms with Gasteiger partial charge in [0.15, 0.2) is 17.5 Å². The molecular weight excluding hydrogens is 411 g/mol. The zero-order chi connectivity index (χ0) is 21.6. The van der Waals surface area contributed by atoms with Gasteiger partial charge in [-0.1, -0.05) is 13.3 Å². The number of urea groups is 1. The molecule has 0 aliphatic heterocycles. The molecule has 156 valence electrons. The molecule has 3 amide bonds. The van der Waals surface area contributed by atoms with Gasteiger partial charge < -0.3 is 10.6 Å². The van der Waals surface area contributed by atoms with Crippen molar-refractivity contribution in [1.29, 1.82) is 0 Å². The molecule has 0 saturated heterocycles. The maximum absolute atomic E-state index is 13.7. The topological polar surface area (TPSA) is 104 Å². The molecule has 0 saturated carbocycles. The van der Waals surface area contributed by atoms with E-state index in [-0.39, 0.29) is 10.6 Å². The van der Waals surface area contributed by atoms with Crippen LogP contribution in [0.5, 0.6) is 0 Å². The highest BCUT2D eigenvalue weighted by Gasteiger charge is 2.20. The Balaban J connectivity index is 2.07. The van der Waals surface area contributed by atoms with Crippen LogP contribution in [0.4, 0.5) is 23.7 Å². The van der Waals surface area contributed by atoms with Gasteiger partial charge in [0.1, 0.15) is 0 Å². The Morgan fingerprint density at radius 3 is 2.24 bits per heavy atom. The molecule has 0 radical (unpaired) electrons. The fraction of sp³-hybridized carbons (Fsp3) is 0.222. The maximum Gasteiger partial charge on any atom is 0.328 e. The van der Waals surface area contributed by atoms with E-state index in [9.17, 15) is 31.2 Å². The molecule has 29 heavy (non-hydrogen) atoms. The van der Waals surface area contributed by atoms with E-state index in [1.165, 1.54) is 12.1 Å². The van der Waals surface area contributed by atoms with Gasteiger partial charge in [-0.3, -0.25) is 4.79 Å². The Kier molecular flexibility index (Phi) is 7.21. The van der Waals surface area contributed by atoms with Crippen LogP contribution in [0.1, 0.15) is 30.1 Å². The maximum atomic E-state index is 13.7. The van der Waals surface area contributed by atoms with E-state index in [0.29, 0.717) is 19.0 Å². The predicted molar refractivity (Wildman–Crippen MR) is 99.3 cm³/mol. The highest BCUT2D eigenvalue weighted by molar-refractivity contribution is 7.90. The first-order chi connectivity index (χ1) is 13.7. The van der Waals surface area contributed by atoms with Gasteiger partial charge in [-0.25, -0.2) is 31.1 Å². The zero-order valence-electron chi connectivity index (χ0n) is 15.3. The van der Waals surface area contributed by atoms with E-state index in [1.807, 2.05) is 11.6 Å². The van der Waals surface area contributed by atoms with Crippen LogP contribution in [0.2, 0.25) is 0 Å². The molecule has 11 heteroatoms. The first kappa shape index (κ1) is 22.2. The fourth-order valence-corrected chi connectivity index (χ4v) is 3.14. The van der Waals surface area contributed by atoms with E-state index in [2.05, 4.69) is 10.6 Å². The Morgan fingerprint density at radius 1 is 0.966 bits per heavy atom. The number of carbonyl (C=O) groups excluding carboxylic acids is 2. The second-order valence-electron chi connectivity index (χ2n) is 5.92. The summed E-state index contributed by atoms with van der Waals surface area (Å²) >= 11 is 0. The molecule has 0 bridgehead atoms. The van der Waals surface area contributed by atoms with E-state index in [1.54, 1.807) is 0 Å². The standard InChI is InChI=1S/C18H18F3N3O4S/c1-2-3-10-22-18(26)24-29(27,28)12-6-4-11(5-7-12)23-17(25)13-8-9-14(19)16(21)15(13)20/h4-9H,2-3,10H2,1H3,(H,23,25)(H2,22,24,26). The number of sulfonamides is 1. The van der Waals surface area contributed by atoms with Gasteiger partial charge in [0.25, 0.3) is 15.9 Å². The fourth-order valence-electron chi connectivity index (χ4n) is 2.21. The van der Waals surface area contributed by atoms with E-state index >= 15 is 0 Å². The molecule has 3 N–H and O–H groups in total. The second-order valence-corrected chi connectivity index (χ2v) is 7.60. The number of carbonyl (C=O) groups is 2. The average molecular weight is 429 g/mol. The van der Waals surface area contributed by atoms with Crippen molar-refractivity contribution in [3.63, 3.8) is 0 Å². The smallest absolute Gasteiger partial charge is 0.328 e. The lowest BCUT2D eigenvalue weighted by molar-refractivity contribution is 0.102. The summed E-state index contributed by atoms with van der Waals surface area (Å²) in [4.78, 5) is 23.4. The van der Waals surface area contributed by atoms with Crippen molar-refractivity contribution in [2.24, 2.45) is 0 Å². The molecule has 0 aliphatic carbocycles. The number of rotatable bonds is 7. The lowest BCUT2D eigenvalue weighted by atomic mass is 10.1. The van der Waals surface area contributed by atoms with E-state index in [0.717, 1.165) is 24.6 Å². The Morgan fingerprint density at radius 2 is 1.62 bits per heavy atom. The molecule has 2 aromatic carbocycles. The van der Waals surface area contributed by atoms with Crippen molar-refractivity contribution in [2.75, 3.05) is 11.9 Å². The van der Waals surface area contributed by atoms with Crippen LogP contribution >= 0.6 is 0 Å². The first-order valence-corrected chi connectivity index (χ1v) is 9.99. The number of anilines is 1. The number of benzene rings is 2. The molecule has 0 fully saturated rings. The third kappa shape index (κ3) is 5.70. The molecule has 7 nitrogen and oxygen atoms in total. The largest absolute Gasteiger partial charge is 0.337 e. The molecule has 0 aliphatic rings. The van der Waals surface area contributed by atoms with Crippen molar-refractivity contribution < 1.29 is 31.2 Å². The van der Waals surface area contributed by atoms with Crippen molar-refractivity contribution in [3.05, 3.63) is 59.4 Å². The average Bonchev–Trinajstić information content (AvgIpc) is 2.66. The first-order valence-electron chi connectivity index (χ1n) is 8.51. The number of unbranched alkanes of at least 4 members (excludes halogenated alkanes) is 1. The van der Waals surface area contributed by atoms with Gasteiger partial charge in [0, 0.05) is 12.2 Å². The SMILES string of the molecule is CCCCNC(=O)NS(=O)(=O)c1ccc(NC(=O)c2ccc(F)c(F)c2F)cc1. The summed E-state index contributed by atoms with van der Waals surface area (Å²) in [6, 6.07) is 5.13. The van der Waals surface area contributed by atoms with Crippen molar-refractivity contribution in [3.8, 4) is 0 Å². The second kappa shape index (κ2) is 9.41. The van der Waals surface area contributed by atoms with Gasteiger partial charge in [-0.15, -0.1) is 0 Å². The summed E-state index contributed by atoms with van der Waals surface area (Å²) in [5.41, 5.74) is -0.642. The van der Waals surface area contributed by atoms with Gasteiger partial charge in [-0.2, -0.15) is 0 Å². The van der Waals surface area contributed by atoms with Gasteiger partial charge >= 0.3 is 6.03 Å². The lowest BCUT2D eigenvalue weighted by Crippen LogP contribution is -2.39. The molecule has 2 rings (SSSR count). The number of hydrogen-bond acceptors (Lipinski definition) is 4. The van der Waals surface area contributed by atoms with Crippen LogP contribution in [0.3, 0.4) is 0 Å². The van der Waals surface area contributed by atoms with Crippen LogP contribution in [0, 0.1) is 17.5 Å². The molecular formula is C18H18F3N3O4S. The predicted octanol–water partition coefficient (Wildman–Crippen LogP) is 3.14.